The Hall–Kier alpha value is -0.265. The van der Waals surface area contributed by atoms with Gasteiger partial charge in [-0.15, -0.1) is 0 Å². The first-order valence-electron chi connectivity index (χ1n) is 5.97. The molecular formula is C12H25BO. The molecule has 0 N–H and O–H groups in total. The molecule has 1 unspecified atom stereocenters. The van der Waals surface area contributed by atoms with Gasteiger partial charge in [0.25, 0.3) is 0 Å². The van der Waals surface area contributed by atoms with Gasteiger partial charge in [-0.1, -0.05) is 47.0 Å². The zero-order chi connectivity index (χ0) is 11.2. The Morgan fingerprint density at radius 3 is 2.14 bits per heavy atom. The molecule has 0 saturated carbocycles. The number of carbonyl (C=O) groups excluding carboxylic acids is 1. The second-order valence-corrected chi connectivity index (χ2v) is 5.24. The Labute approximate surface area is 90.1 Å². The molecule has 0 aliphatic rings. The molecule has 0 heterocycles. The summed E-state index contributed by atoms with van der Waals surface area (Å²) < 4.78 is 0. The van der Waals surface area contributed by atoms with E-state index in [1.165, 1.54) is 12.8 Å². The summed E-state index contributed by atoms with van der Waals surface area (Å²) >= 11 is 0. The van der Waals surface area contributed by atoms with Crippen molar-refractivity contribution in [3.8, 4) is 0 Å². The van der Waals surface area contributed by atoms with Crippen molar-refractivity contribution in [1.29, 1.82) is 0 Å². The van der Waals surface area contributed by atoms with Crippen LogP contribution >= 0.6 is 0 Å². The number of carbonyl (C=O) groups is 1. The molecule has 14 heavy (non-hydrogen) atoms. The van der Waals surface area contributed by atoms with Crippen LogP contribution in [-0.2, 0) is 4.79 Å². The van der Waals surface area contributed by atoms with Crippen molar-refractivity contribution in [1.82, 2.24) is 0 Å². The molecule has 0 rings (SSSR count). The highest BCUT2D eigenvalue weighted by molar-refractivity contribution is 6.28. The number of hydrogen-bond donors (Lipinski definition) is 0. The predicted molar refractivity (Wildman–Crippen MR) is 65.5 cm³/mol. The van der Waals surface area contributed by atoms with Gasteiger partial charge in [-0.25, -0.2) is 0 Å². The maximum absolute atomic E-state index is 12.1. The highest BCUT2D eigenvalue weighted by Crippen LogP contribution is 2.29. The molecule has 0 bridgehead atoms. The molecule has 2 heteroatoms. The number of hydrogen-bond acceptors (Lipinski definition) is 1. The fourth-order valence-electron chi connectivity index (χ4n) is 1.82. The molecule has 0 amide bonds. The summed E-state index contributed by atoms with van der Waals surface area (Å²) in [6.45, 7) is 8.41. The summed E-state index contributed by atoms with van der Waals surface area (Å²) in [6.07, 6.45) is 5.65. The lowest BCUT2D eigenvalue weighted by atomic mass is 9.65. The maximum Gasteiger partial charge on any atom is 0.133 e. The smallest absolute Gasteiger partial charge is 0.133 e. The van der Waals surface area contributed by atoms with Crippen LogP contribution in [0.25, 0.3) is 0 Å². The van der Waals surface area contributed by atoms with E-state index in [4.69, 9.17) is 0 Å². The Balaban J connectivity index is 4.25. The van der Waals surface area contributed by atoms with Gasteiger partial charge in [0.2, 0.25) is 0 Å². The SMILES string of the molecule is BC(C)(C)C(=O)C(CCC)CCCC. The van der Waals surface area contributed by atoms with Gasteiger partial charge in [0.1, 0.15) is 13.6 Å². The van der Waals surface area contributed by atoms with Crippen molar-refractivity contribution in [2.45, 2.75) is 65.1 Å². The van der Waals surface area contributed by atoms with Crippen molar-refractivity contribution in [2.24, 2.45) is 5.92 Å². The zero-order valence-corrected chi connectivity index (χ0v) is 10.5. The summed E-state index contributed by atoms with van der Waals surface area (Å²) in [6, 6.07) is 0. The Kier molecular flexibility index (Phi) is 6.14. The summed E-state index contributed by atoms with van der Waals surface area (Å²) in [5.74, 6) is 0.757. The first-order valence-corrected chi connectivity index (χ1v) is 5.97. The number of unbranched alkanes of at least 4 members (excludes halogenated alkanes) is 1. The van der Waals surface area contributed by atoms with Crippen molar-refractivity contribution in [2.75, 3.05) is 0 Å². The molecule has 0 radical (unpaired) electrons. The average molecular weight is 196 g/mol. The van der Waals surface area contributed by atoms with Gasteiger partial charge < -0.3 is 0 Å². The van der Waals surface area contributed by atoms with Crippen molar-refractivity contribution in [3.63, 3.8) is 0 Å². The molecule has 0 aromatic rings. The molecule has 82 valence electrons. The predicted octanol–water partition coefficient (Wildman–Crippen LogP) is 2.99. The average Bonchev–Trinajstić information content (AvgIpc) is 2.09. The lowest BCUT2D eigenvalue weighted by molar-refractivity contribution is -0.125. The van der Waals surface area contributed by atoms with Crippen LogP contribution < -0.4 is 0 Å². The Morgan fingerprint density at radius 2 is 1.79 bits per heavy atom. The first-order chi connectivity index (χ1) is 6.43. The molecule has 0 aliphatic heterocycles. The molecule has 0 aromatic heterocycles. The van der Waals surface area contributed by atoms with E-state index in [-0.39, 0.29) is 5.31 Å². The molecule has 0 aromatic carbocycles. The van der Waals surface area contributed by atoms with Crippen LogP contribution in [0.2, 0.25) is 5.31 Å². The van der Waals surface area contributed by atoms with E-state index in [0.29, 0.717) is 11.7 Å². The van der Waals surface area contributed by atoms with Gasteiger partial charge in [-0.2, -0.15) is 0 Å². The number of Topliss-reactive ketones (excluding diaryl/α,β-unsaturated/α-hetero) is 1. The van der Waals surface area contributed by atoms with Crippen molar-refractivity contribution in [3.05, 3.63) is 0 Å². The maximum atomic E-state index is 12.1. The van der Waals surface area contributed by atoms with E-state index >= 15 is 0 Å². The van der Waals surface area contributed by atoms with E-state index in [0.717, 1.165) is 19.3 Å². The molecule has 1 nitrogen and oxygen atoms in total. The van der Waals surface area contributed by atoms with E-state index in [1.54, 1.807) is 0 Å². The quantitative estimate of drug-likeness (QED) is 0.572. The number of rotatable bonds is 7. The molecule has 0 aliphatic carbocycles. The van der Waals surface area contributed by atoms with Crippen LogP contribution in [0.15, 0.2) is 0 Å². The third-order valence-corrected chi connectivity index (χ3v) is 2.65. The molecule has 0 fully saturated rings. The van der Waals surface area contributed by atoms with Crippen LogP contribution in [0, 0.1) is 5.92 Å². The van der Waals surface area contributed by atoms with Crippen LogP contribution in [0.3, 0.4) is 0 Å². The normalized spacial score (nSPS) is 14.0. The largest absolute Gasteiger partial charge is 0.300 e. The van der Waals surface area contributed by atoms with Gasteiger partial charge in [-0.05, 0) is 18.2 Å². The van der Waals surface area contributed by atoms with Gasteiger partial charge in [0.05, 0.1) is 0 Å². The molecular weight excluding hydrogens is 171 g/mol. The summed E-state index contributed by atoms with van der Waals surface area (Å²) in [5, 5.41) is -0.159. The van der Waals surface area contributed by atoms with E-state index in [9.17, 15) is 4.79 Å². The standard InChI is InChI=1S/C12H25BO/c1-5-7-9-10(8-6-2)11(14)12(3,4)13/h10H,5-9,13H2,1-4H3. The highest BCUT2D eigenvalue weighted by atomic mass is 16.1. The van der Waals surface area contributed by atoms with E-state index in [2.05, 4.69) is 13.8 Å². The first kappa shape index (κ1) is 13.7. The lowest BCUT2D eigenvalue weighted by Gasteiger charge is -2.24. The van der Waals surface area contributed by atoms with Crippen LogP contribution in [0.1, 0.15) is 59.8 Å². The molecule has 1 atom stereocenters. The fraction of sp³-hybridized carbons (Fsp3) is 0.917. The van der Waals surface area contributed by atoms with Gasteiger partial charge >= 0.3 is 0 Å². The lowest BCUT2D eigenvalue weighted by Crippen LogP contribution is -2.26. The van der Waals surface area contributed by atoms with Gasteiger partial charge in [0.15, 0.2) is 0 Å². The van der Waals surface area contributed by atoms with Crippen LogP contribution in [0.5, 0.6) is 0 Å². The van der Waals surface area contributed by atoms with Crippen molar-refractivity contribution < 1.29 is 4.79 Å². The van der Waals surface area contributed by atoms with E-state index < -0.39 is 0 Å². The van der Waals surface area contributed by atoms with Crippen molar-refractivity contribution >= 4 is 13.6 Å². The Morgan fingerprint density at radius 1 is 1.21 bits per heavy atom. The third kappa shape index (κ3) is 4.83. The third-order valence-electron chi connectivity index (χ3n) is 2.65. The minimum absolute atomic E-state index is 0.159. The molecule has 0 spiro atoms. The van der Waals surface area contributed by atoms with E-state index in [1.807, 2.05) is 21.7 Å². The highest BCUT2D eigenvalue weighted by Gasteiger charge is 2.28. The molecule has 0 saturated heterocycles. The second kappa shape index (κ2) is 6.26. The van der Waals surface area contributed by atoms with Crippen LogP contribution in [-0.4, -0.2) is 13.6 Å². The fourth-order valence-corrected chi connectivity index (χ4v) is 1.82. The number of ketones is 1. The van der Waals surface area contributed by atoms with Gasteiger partial charge in [0, 0.05) is 5.92 Å². The minimum atomic E-state index is -0.159. The summed E-state index contributed by atoms with van der Waals surface area (Å²) in [7, 11) is 2.03. The summed E-state index contributed by atoms with van der Waals surface area (Å²) in [4.78, 5) is 12.1. The summed E-state index contributed by atoms with van der Waals surface area (Å²) in [5.41, 5.74) is 0. The van der Waals surface area contributed by atoms with Crippen LogP contribution in [0.4, 0.5) is 0 Å². The monoisotopic (exact) mass is 196 g/mol. The Bertz CT molecular complexity index is 170. The zero-order valence-electron chi connectivity index (χ0n) is 10.5. The van der Waals surface area contributed by atoms with Gasteiger partial charge in [-0.3, -0.25) is 4.79 Å². The topological polar surface area (TPSA) is 17.1 Å². The minimum Gasteiger partial charge on any atom is -0.300 e. The second-order valence-electron chi connectivity index (χ2n) is 5.24.